The minimum atomic E-state index is -0.348. The van der Waals surface area contributed by atoms with E-state index in [4.69, 9.17) is 21.7 Å². The number of thioether (sulfide) groups is 1. The van der Waals surface area contributed by atoms with E-state index in [2.05, 4.69) is 0 Å². The molecular weight excluding hydrogens is 244 g/mol. The highest BCUT2D eigenvalue weighted by Crippen LogP contribution is 2.02. The van der Waals surface area contributed by atoms with Crippen LogP contribution in [0.4, 0.5) is 0 Å². The molecule has 3 nitrogen and oxygen atoms in total. The lowest BCUT2D eigenvalue weighted by atomic mass is 10.2. The Bertz CT molecular complexity index is 352. The maximum atomic E-state index is 11.4. The second kappa shape index (κ2) is 7.24. The molecule has 0 aliphatic heterocycles. The standard InChI is InChI=1S/C11H12O3S2/c1-16-11(15)14-8-7-13-10(12)9-5-3-2-4-6-9/h2-6H,7-8H2,1H3. The van der Waals surface area contributed by atoms with Gasteiger partial charge in [-0.2, -0.15) is 0 Å². The number of hydrogen-bond donors (Lipinski definition) is 0. The van der Waals surface area contributed by atoms with Crippen molar-refractivity contribution >= 4 is 34.3 Å². The summed E-state index contributed by atoms with van der Waals surface area (Å²) in [4.78, 5) is 11.4. The Labute approximate surface area is 104 Å². The second-order valence-electron chi connectivity index (χ2n) is 2.80. The Morgan fingerprint density at radius 2 is 1.88 bits per heavy atom. The normalized spacial score (nSPS) is 9.56. The summed E-state index contributed by atoms with van der Waals surface area (Å²) in [6.45, 7) is 0.493. The summed E-state index contributed by atoms with van der Waals surface area (Å²) in [5.41, 5.74) is 0.537. The fourth-order valence-electron chi connectivity index (χ4n) is 0.976. The van der Waals surface area contributed by atoms with Crippen molar-refractivity contribution in [1.29, 1.82) is 0 Å². The molecular formula is C11H12O3S2. The quantitative estimate of drug-likeness (QED) is 0.470. The van der Waals surface area contributed by atoms with Crippen LogP contribution in [0.3, 0.4) is 0 Å². The molecule has 0 amide bonds. The molecule has 0 fully saturated rings. The highest BCUT2D eigenvalue weighted by atomic mass is 32.2. The van der Waals surface area contributed by atoms with Crippen molar-refractivity contribution in [2.45, 2.75) is 0 Å². The first kappa shape index (κ1) is 13.0. The lowest BCUT2D eigenvalue weighted by Crippen LogP contribution is -2.11. The molecule has 0 radical (unpaired) electrons. The summed E-state index contributed by atoms with van der Waals surface area (Å²) in [6.07, 6.45) is 1.83. The minimum Gasteiger partial charge on any atom is -0.475 e. The number of esters is 1. The van der Waals surface area contributed by atoms with Gasteiger partial charge in [0.15, 0.2) is 0 Å². The summed E-state index contributed by atoms with van der Waals surface area (Å²) >= 11 is 6.18. The van der Waals surface area contributed by atoms with Crippen molar-refractivity contribution in [1.82, 2.24) is 0 Å². The van der Waals surface area contributed by atoms with Gasteiger partial charge in [0.2, 0.25) is 4.38 Å². The monoisotopic (exact) mass is 256 g/mol. The van der Waals surface area contributed by atoms with E-state index in [1.54, 1.807) is 24.3 Å². The van der Waals surface area contributed by atoms with Gasteiger partial charge in [0.05, 0.1) is 5.56 Å². The zero-order valence-electron chi connectivity index (χ0n) is 8.84. The van der Waals surface area contributed by atoms with Crippen molar-refractivity contribution < 1.29 is 14.3 Å². The minimum absolute atomic E-state index is 0.203. The zero-order chi connectivity index (χ0) is 11.8. The van der Waals surface area contributed by atoms with E-state index in [-0.39, 0.29) is 19.2 Å². The topological polar surface area (TPSA) is 35.5 Å². The molecule has 0 saturated carbocycles. The van der Waals surface area contributed by atoms with E-state index >= 15 is 0 Å². The molecule has 0 N–H and O–H groups in total. The Morgan fingerprint density at radius 1 is 1.25 bits per heavy atom. The third-order valence-electron chi connectivity index (χ3n) is 1.71. The average molecular weight is 256 g/mol. The molecule has 0 atom stereocenters. The Morgan fingerprint density at radius 3 is 2.50 bits per heavy atom. The first-order valence-corrected chi connectivity index (χ1v) is 6.30. The number of ether oxygens (including phenoxy) is 2. The second-order valence-corrected chi connectivity index (χ2v) is 4.21. The number of rotatable bonds is 4. The maximum absolute atomic E-state index is 11.4. The predicted molar refractivity (Wildman–Crippen MR) is 68.8 cm³/mol. The van der Waals surface area contributed by atoms with Crippen molar-refractivity contribution in [2.75, 3.05) is 19.5 Å². The maximum Gasteiger partial charge on any atom is 0.338 e. The molecule has 1 aromatic rings. The summed E-state index contributed by atoms with van der Waals surface area (Å²) in [5.74, 6) is -0.348. The number of carbonyl (C=O) groups is 1. The van der Waals surface area contributed by atoms with Crippen LogP contribution < -0.4 is 0 Å². The van der Waals surface area contributed by atoms with Crippen molar-refractivity contribution in [3.05, 3.63) is 35.9 Å². The van der Waals surface area contributed by atoms with Crippen LogP contribution >= 0.6 is 24.0 Å². The fraction of sp³-hybridized carbons (Fsp3) is 0.273. The lowest BCUT2D eigenvalue weighted by Gasteiger charge is -2.06. The molecule has 0 aromatic heterocycles. The van der Waals surface area contributed by atoms with Gasteiger partial charge in [-0.1, -0.05) is 30.0 Å². The van der Waals surface area contributed by atoms with Crippen LogP contribution in [0.5, 0.6) is 0 Å². The van der Waals surface area contributed by atoms with E-state index < -0.39 is 0 Å². The Balaban J connectivity index is 2.24. The molecule has 0 unspecified atom stereocenters. The van der Waals surface area contributed by atoms with Crippen LogP contribution in [0.25, 0.3) is 0 Å². The number of hydrogen-bond acceptors (Lipinski definition) is 5. The van der Waals surface area contributed by atoms with Gasteiger partial charge in [0, 0.05) is 0 Å². The Kier molecular flexibility index (Phi) is 5.88. The van der Waals surface area contributed by atoms with Crippen molar-refractivity contribution in [2.24, 2.45) is 0 Å². The highest BCUT2D eigenvalue weighted by Gasteiger charge is 2.05. The largest absolute Gasteiger partial charge is 0.475 e. The third kappa shape index (κ3) is 4.63. The molecule has 1 aromatic carbocycles. The van der Waals surface area contributed by atoms with Gasteiger partial charge in [-0.05, 0) is 30.6 Å². The molecule has 0 aliphatic carbocycles. The molecule has 5 heteroatoms. The Hall–Kier alpha value is -1.07. The molecule has 0 aliphatic rings. The lowest BCUT2D eigenvalue weighted by molar-refractivity contribution is 0.0448. The number of carbonyl (C=O) groups excluding carboxylic acids is 1. The third-order valence-corrected chi connectivity index (χ3v) is 2.78. The van der Waals surface area contributed by atoms with Crippen LogP contribution in [0.1, 0.15) is 10.4 Å². The predicted octanol–water partition coefficient (Wildman–Crippen LogP) is 2.51. The van der Waals surface area contributed by atoms with Gasteiger partial charge in [0.25, 0.3) is 0 Å². The smallest absolute Gasteiger partial charge is 0.338 e. The average Bonchev–Trinajstić information content (AvgIpc) is 2.35. The zero-order valence-corrected chi connectivity index (χ0v) is 10.5. The molecule has 0 heterocycles. The van der Waals surface area contributed by atoms with Gasteiger partial charge in [-0.25, -0.2) is 4.79 Å². The first-order chi connectivity index (χ1) is 7.74. The van der Waals surface area contributed by atoms with E-state index in [1.165, 1.54) is 11.8 Å². The molecule has 86 valence electrons. The molecule has 0 spiro atoms. The van der Waals surface area contributed by atoms with Gasteiger partial charge in [0.1, 0.15) is 13.2 Å². The van der Waals surface area contributed by atoms with Gasteiger partial charge in [-0.15, -0.1) is 0 Å². The van der Waals surface area contributed by atoms with E-state index in [0.29, 0.717) is 9.95 Å². The highest BCUT2D eigenvalue weighted by molar-refractivity contribution is 8.22. The van der Waals surface area contributed by atoms with Gasteiger partial charge in [-0.3, -0.25) is 0 Å². The van der Waals surface area contributed by atoms with Crippen molar-refractivity contribution in [3.63, 3.8) is 0 Å². The number of thiocarbonyl (C=S) groups is 1. The molecule has 1 rings (SSSR count). The van der Waals surface area contributed by atoms with E-state index in [0.717, 1.165) is 0 Å². The summed E-state index contributed by atoms with van der Waals surface area (Å²) < 4.78 is 10.5. The van der Waals surface area contributed by atoms with Gasteiger partial charge >= 0.3 is 5.97 Å². The summed E-state index contributed by atoms with van der Waals surface area (Å²) in [7, 11) is 0. The molecule has 16 heavy (non-hydrogen) atoms. The van der Waals surface area contributed by atoms with E-state index in [9.17, 15) is 4.79 Å². The molecule has 0 bridgehead atoms. The fourth-order valence-corrected chi connectivity index (χ4v) is 1.26. The first-order valence-electron chi connectivity index (χ1n) is 4.67. The van der Waals surface area contributed by atoms with Crippen LogP contribution in [0.15, 0.2) is 30.3 Å². The van der Waals surface area contributed by atoms with Crippen LogP contribution in [0.2, 0.25) is 0 Å². The van der Waals surface area contributed by atoms with E-state index in [1.807, 2.05) is 12.3 Å². The van der Waals surface area contributed by atoms with Crippen LogP contribution in [0, 0.1) is 0 Å². The molecule has 0 saturated heterocycles. The van der Waals surface area contributed by atoms with Gasteiger partial charge < -0.3 is 9.47 Å². The van der Waals surface area contributed by atoms with Crippen LogP contribution in [-0.4, -0.2) is 29.8 Å². The summed E-state index contributed by atoms with van der Waals surface area (Å²) in [5, 5.41) is 0. The van der Waals surface area contributed by atoms with Crippen LogP contribution in [-0.2, 0) is 9.47 Å². The SMILES string of the molecule is CSC(=S)OCCOC(=O)c1ccccc1. The number of benzene rings is 1. The van der Waals surface area contributed by atoms with Crippen molar-refractivity contribution in [3.8, 4) is 0 Å². The summed E-state index contributed by atoms with van der Waals surface area (Å²) in [6, 6.07) is 8.83.